The van der Waals surface area contributed by atoms with Crippen molar-refractivity contribution < 1.29 is 30.1 Å². The summed E-state index contributed by atoms with van der Waals surface area (Å²) in [5.41, 5.74) is -0.212. The van der Waals surface area contributed by atoms with Gasteiger partial charge in [0.15, 0.2) is 9.95 Å². The molecule has 0 saturated carbocycles. The molecule has 0 spiro atoms. The number of rotatable bonds is 4. The summed E-state index contributed by atoms with van der Waals surface area (Å²) < 4.78 is 9.59. The maximum absolute atomic E-state index is 10.3. The molecule has 12 nitrogen and oxygen atoms in total. The number of benzene rings is 2. The van der Waals surface area contributed by atoms with Crippen molar-refractivity contribution in [1.82, 2.24) is 0 Å². The summed E-state index contributed by atoms with van der Waals surface area (Å²) in [5, 5.41) is 37.6. The summed E-state index contributed by atoms with van der Waals surface area (Å²) in [4.78, 5) is 25.2. The van der Waals surface area contributed by atoms with Crippen LogP contribution in [-0.4, -0.2) is 24.1 Å². The van der Waals surface area contributed by atoms with Crippen LogP contribution in [-0.2, 0) is 10.8 Å². The Labute approximate surface area is 194 Å². The fourth-order valence-electron chi connectivity index (χ4n) is 1.74. The molecular formula is C14H12Cl4N6O6Zn. The second kappa shape index (κ2) is 13.7. The van der Waals surface area contributed by atoms with Crippen LogP contribution in [0, 0.1) is 31.0 Å². The van der Waals surface area contributed by atoms with Crippen LogP contribution in [0.15, 0.2) is 36.4 Å². The molecule has 2 aromatic rings. The van der Waals surface area contributed by atoms with E-state index in [-0.39, 0.29) is 34.2 Å². The zero-order chi connectivity index (χ0) is 24.2. The van der Waals surface area contributed by atoms with Crippen LogP contribution in [0.4, 0.5) is 22.7 Å². The van der Waals surface area contributed by atoms with Gasteiger partial charge in [-0.05, 0) is 12.1 Å². The van der Waals surface area contributed by atoms with Gasteiger partial charge in [-0.15, -0.1) is 0 Å². The first-order valence-corrected chi connectivity index (χ1v) is 23.4. The van der Waals surface area contributed by atoms with Gasteiger partial charge in [0, 0.05) is 12.1 Å². The van der Waals surface area contributed by atoms with E-state index in [2.05, 4.69) is 9.95 Å². The molecule has 0 aliphatic carbocycles. The van der Waals surface area contributed by atoms with Gasteiger partial charge < -0.3 is 9.47 Å². The summed E-state index contributed by atoms with van der Waals surface area (Å²) >= 11 is 0. The zero-order valence-electron chi connectivity index (χ0n) is 15.8. The zero-order valence-corrected chi connectivity index (χ0v) is 21.8. The van der Waals surface area contributed by atoms with Gasteiger partial charge in [-0.1, -0.05) is 0 Å². The molecule has 164 valence electrons. The number of ether oxygens (including phenoxy) is 2. The van der Waals surface area contributed by atoms with Gasteiger partial charge in [-0.2, -0.15) is 0 Å². The van der Waals surface area contributed by atoms with Gasteiger partial charge in [0.05, 0.1) is 24.1 Å². The van der Waals surface area contributed by atoms with Crippen molar-refractivity contribution in [2.75, 3.05) is 14.2 Å². The van der Waals surface area contributed by atoms with E-state index in [1.807, 2.05) is 0 Å². The molecule has 2 aromatic carbocycles. The van der Waals surface area contributed by atoms with Crippen molar-refractivity contribution in [3.05, 3.63) is 66.6 Å². The van der Waals surface area contributed by atoms with Crippen LogP contribution in [0.1, 0.15) is 0 Å². The molecule has 0 radical (unpaired) electrons. The summed E-state index contributed by atoms with van der Waals surface area (Å²) in [6.45, 7) is 0. The SMILES string of the molecule is COc1ccc([N+](=O)[O-])cc1[N+]#N.COc1ccc([N+](=O)[O-])cc1[N+]#N.[Cl][Zn-2]([Cl])([Cl])[Cl]. The van der Waals surface area contributed by atoms with E-state index in [9.17, 15) is 20.2 Å². The number of nitrogens with zero attached hydrogens (tertiary/aromatic N) is 6. The van der Waals surface area contributed by atoms with E-state index in [1.54, 1.807) is 0 Å². The number of non-ortho nitro benzene ring substituents is 2. The van der Waals surface area contributed by atoms with Gasteiger partial charge in [-0.3, -0.25) is 20.2 Å². The molecular weight excluding hydrogens is 555 g/mol. The molecule has 0 aromatic heterocycles. The Morgan fingerprint density at radius 2 is 1.10 bits per heavy atom. The van der Waals surface area contributed by atoms with Crippen LogP contribution < -0.4 is 9.47 Å². The Kier molecular flexibility index (Phi) is 12.6. The number of hydrogen-bond donors (Lipinski definition) is 0. The number of hydrogen-bond acceptors (Lipinski definition) is 8. The first kappa shape index (κ1) is 28.5. The molecule has 0 fully saturated rings. The first-order valence-electron chi connectivity index (χ1n) is 7.79. The van der Waals surface area contributed by atoms with Crippen molar-refractivity contribution in [3.63, 3.8) is 0 Å². The molecule has 0 atom stereocenters. The first-order chi connectivity index (χ1) is 14.4. The van der Waals surface area contributed by atoms with Gasteiger partial charge in [0.2, 0.25) is 22.3 Å². The van der Waals surface area contributed by atoms with Crippen LogP contribution >= 0.6 is 38.8 Å². The fraction of sp³-hybridized carbons (Fsp3) is 0.143. The average molecular weight is 567 g/mol. The summed E-state index contributed by atoms with van der Waals surface area (Å²) in [7, 11) is 19.6. The molecule has 2 rings (SSSR count). The number of nitro benzene ring substituents is 2. The van der Waals surface area contributed by atoms with Crippen LogP contribution in [0.5, 0.6) is 11.5 Å². The van der Waals surface area contributed by atoms with Gasteiger partial charge in [0.25, 0.3) is 11.4 Å². The maximum atomic E-state index is 10.3. The van der Waals surface area contributed by atoms with E-state index in [1.165, 1.54) is 38.5 Å². The third-order valence-corrected chi connectivity index (χ3v) is 2.96. The third kappa shape index (κ3) is 11.4. The quantitative estimate of drug-likeness (QED) is 0.166. The Morgan fingerprint density at radius 3 is 1.29 bits per heavy atom. The Morgan fingerprint density at radius 1 is 0.806 bits per heavy atom. The second-order valence-corrected chi connectivity index (χ2v) is 32.8. The molecule has 0 heterocycles. The summed E-state index contributed by atoms with van der Waals surface area (Å²) in [6.07, 6.45) is 0. The van der Waals surface area contributed by atoms with Crippen molar-refractivity contribution in [3.8, 4) is 11.5 Å². The molecule has 0 aliphatic heterocycles. The van der Waals surface area contributed by atoms with Crippen molar-refractivity contribution in [1.29, 1.82) is 10.8 Å². The van der Waals surface area contributed by atoms with E-state index in [0.29, 0.717) is 0 Å². The van der Waals surface area contributed by atoms with Crippen molar-refractivity contribution in [2.45, 2.75) is 0 Å². The minimum absolute atomic E-state index is 0.0386. The number of halogens is 4. The van der Waals surface area contributed by atoms with E-state index < -0.39 is 20.7 Å². The topological polar surface area (TPSA) is 161 Å². The predicted octanol–water partition coefficient (Wildman–Crippen LogP) is 6.93. The summed E-state index contributed by atoms with van der Waals surface area (Å²) in [6, 6.07) is 7.53. The molecule has 0 aliphatic rings. The molecule has 0 bridgehead atoms. The Hall–Kier alpha value is -2.54. The normalized spacial score (nSPS) is 9.42. The van der Waals surface area contributed by atoms with Crippen molar-refractivity contribution >= 4 is 61.5 Å². The van der Waals surface area contributed by atoms with E-state index in [0.717, 1.165) is 12.1 Å². The molecule has 0 amide bonds. The standard InChI is InChI=1S/2C7H6N3O3.4ClH.Zn/c2*1-13-7-3-2-5(10(11)12)4-6(7)9-8;;;;;/h2*2-4H,1H3;4*1H;/q2*+1;;;;;+2/p-4. The Balaban J connectivity index is 0.000000479. The Bertz CT molecular complexity index is 942. The van der Waals surface area contributed by atoms with Crippen LogP contribution in [0.3, 0.4) is 0 Å². The second-order valence-electron chi connectivity index (χ2n) is 5.03. The van der Waals surface area contributed by atoms with Crippen LogP contribution in [0.2, 0.25) is 0 Å². The van der Waals surface area contributed by atoms with Crippen LogP contribution in [0.25, 0.3) is 9.95 Å². The predicted molar refractivity (Wildman–Crippen MR) is 112 cm³/mol. The molecule has 0 unspecified atom stereocenters. The number of methoxy groups -OCH3 is 2. The van der Waals surface area contributed by atoms with Gasteiger partial charge in [0.1, 0.15) is 12.1 Å². The molecule has 0 N–H and O–H groups in total. The minimum atomic E-state index is -3.36. The third-order valence-electron chi connectivity index (χ3n) is 2.96. The van der Waals surface area contributed by atoms with Gasteiger partial charge >= 0.3 is 61.0 Å². The summed E-state index contributed by atoms with van der Waals surface area (Å²) in [5.74, 6) is 0.571. The molecule has 31 heavy (non-hydrogen) atoms. The van der Waals surface area contributed by atoms with E-state index in [4.69, 9.17) is 59.0 Å². The fourth-order valence-corrected chi connectivity index (χ4v) is 1.74. The number of diazo groups is 2. The van der Waals surface area contributed by atoms with E-state index >= 15 is 0 Å². The number of nitro groups is 2. The molecule has 17 heteroatoms. The molecule has 0 saturated heterocycles. The van der Waals surface area contributed by atoms with Gasteiger partial charge in [-0.25, -0.2) is 0 Å². The monoisotopic (exact) mass is 564 g/mol. The average Bonchev–Trinajstić information content (AvgIpc) is 2.71. The van der Waals surface area contributed by atoms with Crippen molar-refractivity contribution in [2.24, 2.45) is 0 Å².